The largest absolute Gasteiger partial charge is 0.355 e. The van der Waals surface area contributed by atoms with Gasteiger partial charge in [0.2, 0.25) is 15.9 Å². The van der Waals surface area contributed by atoms with E-state index in [1.54, 1.807) is 38.1 Å². The summed E-state index contributed by atoms with van der Waals surface area (Å²) in [7, 11) is -3.65. The molecular formula is C14H19N3O3S. The molecule has 0 unspecified atom stereocenters. The maximum atomic E-state index is 12.4. The Bertz CT molecular complexity index is 635. The van der Waals surface area contributed by atoms with E-state index in [-0.39, 0.29) is 24.7 Å². The fourth-order valence-electron chi connectivity index (χ4n) is 1.86. The Morgan fingerprint density at radius 2 is 2.00 bits per heavy atom. The minimum absolute atomic E-state index is 0.203. The Balaban J connectivity index is 2.93. The highest BCUT2D eigenvalue weighted by molar-refractivity contribution is 7.88. The van der Waals surface area contributed by atoms with Crippen LogP contribution in [0.25, 0.3) is 0 Å². The van der Waals surface area contributed by atoms with Crippen LogP contribution in [0.1, 0.15) is 25.0 Å². The number of likely N-dealkylation sites (N-methyl/N-ethyl adjacent to an activating group) is 2. The first-order chi connectivity index (χ1) is 9.94. The fourth-order valence-corrected chi connectivity index (χ4v) is 3.40. The highest BCUT2D eigenvalue weighted by atomic mass is 32.2. The van der Waals surface area contributed by atoms with E-state index < -0.39 is 10.0 Å². The summed E-state index contributed by atoms with van der Waals surface area (Å²) in [6.45, 7) is 3.89. The molecule has 0 aromatic heterocycles. The smallest absolute Gasteiger partial charge is 0.235 e. The minimum atomic E-state index is -3.65. The zero-order valence-corrected chi connectivity index (χ0v) is 13.0. The minimum Gasteiger partial charge on any atom is -0.355 e. The van der Waals surface area contributed by atoms with Crippen LogP contribution in [0, 0.1) is 11.3 Å². The van der Waals surface area contributed by atoms with E-state index in [9.17, 15) is 13.2 Å². The van der Waals surface area contributed by atoms with E-state index >= 15 is 0 Å². The molecule has 0 aliphatic rings. The monoisotopic (exact) mass is 309 g/mol. The average molecular weight is 309 g/mol. The van der Waals surface area contributed by atoms with Crippen LogP contribution in [0.5, 0.6) is 0 Å². The molecule has 1 aromatic carbocycles. The van der Waals surface area contributed by atoms with Gasteiger partial charge >= 0.3 is 0 Å². The summed E-state index contributed by atoms with van der Waals surface area (Å²) in [6, 6.07) is 8.52. The van der Waals surface area contributed by atoms with Gasteiger partial charge in [0.05, 0.1) is 23.9 Å². The van der Waals surface area contributed by atoms with Crippen LogP contribution < -0.4 is 5.32 Å². The Labute approximate surface area is 125 Å². The first-order valence-corrected chi connectivity index (χ1v) is 8.28. The number of nitrogens with zero attached hydrogens (tertiary/aromatic N) is 2. The van der Waals surface area contributed by atoms with Crippen molar-refractivity contribution in [3.05, 3.63) is 35.4 Å². The van der Waals surface area contributed by atoms with E-state index in [0.717, 1.165) is 4.31 Å². The van der Waals surface area contributed by atoms with Crippen molar-refractivity contribution < 1.29 is 13.2 Å². The number of nitrogens with one attached hydrogen (secondary N) is 1. The van der Waals surface area contributed by atoms with E-state index in [1.807, 2.05) is 6.07 Å². The zero-order valence-electron chi connectivity index (χ0n) is 12.2. The second kappa shape index (κ2) is 7.76. The Hall–Kier alpha value is -1.91. The maximum absolute atomic E-state index is 12.4. The Kier molecular flexibility index (Phi) is 6.34. The molecule has 1 aromatic rings. The topological polar surface area (TPSA) is 90.3 Å². The molecule has 0 bridgehead atoms. The van der Waals surface area contributed by atoms with Crippen molar-refractivity contribution in [3.63, 3.8) is 0 Å². The van der Waals surface area contributed by atoms with Crippen LogP contribution in [-0.4, -0.2) is 38.3 Å². The van der Waals surface area contributed by atoms with E-state index in [4.69, 9.17) is 5.26 Å². The molecule has 7 heteroatoms. The van der Waals surface area contributed by atoms with Crippen molar-refractivity contribution in [3.8, 4) is 6.07 Å². The normalized spacial score (nSPS) is 11.1. The number of hydrogen-bond acceptors (Lipinski definition) is 4. The molecule has 6 nitrogen and oxygen atoms in total. The van der Waals surface area contributed by atoms with Crippen LogP contribution >= 0.6 is 0 Å². The molecule has 0 spiro atoms. The molecule has 0 fully saturated rings. The summed E-state index contributed by atoms with van der Waals surface area (Å²) < 4.78 is 25.9. The number of carbonyl (C=O) groups is 1. The van der Waals surface area contributed by atoms with Crippen LogP contribution in [0.15, 0.2) is 24.3 Å². The lowest BCUT2D eigenvalue weighted by molar-refractivity contribution is -0.121. The number of nitriles is 1. The summed E-state index contributed by atoms with van der Waals surface area (Å²) in [5, 5.41) is 11.6. The summed E-state index contributed by atoms with van der Waals surface area (Å²) in [6.07, 6.45) is 0. The molecule has 21 heavy (non-hydrogen) atoms. The van der Waals surface area contributed by atoms with E-state index in [0.29, 0.717) is 17.7 Å². The van der Waals surface area contributed by atoms with Crippen molar-refractivity contribution in [2.24, 2.45) is 0 Å². The number of amides is 1. The molecule has 0 radical (unpaired) electrons. The van der Waals surface area contributed by atoms with Gasteiger partial charge in [0.25, 0.3) is 0 Å². The van der Waals surface area contributed by atoms with Gasteiger partial charge < -0.3 is 5.32 Å². The van der Waals surface area contributed by atoms with Crippen molar-refractivity contribution in [2.75, 3.05) is 19.6 Å². The van der Waals surface area contributed by atoms with Crippen LogP contribution in [0.4, 0.5) is 0 Å². The number of rotatable bonds is 7. The van der Waals surface area contributed by atoms with E-state index in [1.165, 1.54) is 0 Å². The summed E-state index contributed by atoms with van der Waals surface area (Å²) in [4.78, 5) is 11.6. The first-order valence-electron chi connectivity index (χ1n) is 6.67. The lowest BCUT2D eigenvalue weighted by atomic mass is 10.1. The number of benzene rings is 1. The third kappa shape index (κ3) is 4.85. The van der Waals surface area contributed by atoms with Crippen LogP contribution in [0.2, 0.25) is 0 Å². The molecule has 0 heterocycles. The highest BCUT2D eigenvalue weighted by Gasteiger charge is 2.24. The standard InChI is InChI=1S/C14H19N3O3S/c1-3-16-14(18)10-17(4-2)21(19,20)11-13-8-6-5-7-12(13)9-15/h5-8H,3-4,10-11H2,1-2H3,(H,16,18). The predicted octanol–water partition coefficient (Wildman–Crippen LogP) is 0.846. The molecule has 1 N–H and O–H groups in total. The first kappa shape index (κ1) is 17.1. The quantitative estimate of drug-likeness (QED) is 0.808. The van der Waals surface area contributed by atoms with Crippen molar-refractivity contribution in [2.45, 2.75) is 19.6 Å². The van der Waals surface area contributed by atoms with Gasteiger partial charge in [-0.25, -0.2) is 8.42 Å². The fraction of sp³-hybridized carbons (Fsp3) is 0.429. The third-order valence-corrected chi connectivity index (χ3v) is 4.77. The number of carbonyl (C=O) groups excluding carboxylic acids is 1. The second-order valence-electron chi connectivity index (χ2n) is 4.40. The van der Waals surface area contributed by atoms with Gasteiger partial charge in [-0.3, -0.25) is 4.79 Å². The second-order valence-corrected chi connectivity index (χ2v) is 6.37. The number of hydrogen-bond donors (Lipinski definition) is 1. The molecule has 1 rings (SSSR count). The molecular weight excluding hydrogens is 290 g/mol. The van der Waals surface area contributed by atoms with Gasteiger partial charge in [0, 0.05) is 13.1 Å². The van der Waals surface area contributed by atoms with E-state index in [2.05, 4.69) is 5.32 Å². The Morgan fingerprint density at radius 1 is 1.33 bits per heavy atom. The van der Waals surface area contributed by atoms with Crippen molar-refractivity contribution in [1.82, 2.24) is 9.62 Å². The third-order valence-electron chi connectivity index (χ3n) is 2.92. The van der Waals surface area contributed by atoms with Crippen LogP contribution in [-0.2, 0) is 20.6 Å². The lowest BCUT2D eigenvalue weighted by Crippen LogP contribution is -2.41. The van der Waals surface area contributed by atoms with Gasteiger partial charge in [-0.05, 0) is 18.6 Å². The predicted molar refractivity (Wildman–Crippen MR) is 79.7 cm³/mol. The van der Waals surface area contributed by atoms with Gasteiger partial charge in [-0.1, -0.05) is 25.1 Å². The molecule has 114 valence electrons. The molecule has 0 atom stereocenters. The number of sulfonamides is 1. The summed E-state index contributed by atoms with van der Waals surface area (Å²) in [5.74, 6) is -0.624. The zero-order chi connectivity index (χ0) is 15.9. The Morgan fingerprint density at radius 3 is 2.57 bits per heavy atom. The molecule has 0 aliphatic heterocycles. The van der Waals surface area contributed by atoms with Crippen LogP contribution in [0.3, 0.4) is 0 Å². The molecule has 0 saturated carbocycles. The van der Waals surface area contributed by atoms with Gasteiger partial charge in [0.1, 0.15) is 0 Å². The average Bonchev–Trinajstić information content (AvgIpc) is 2.45. The van der Waals surface area contributed by atoms with Gasteiger partial charge in [-0.2, -0.15) is 9.57 Å². The summed E-state index contributed by atoms with van der Waals surface area (Å²) in [5.41, 5.74) is 0.768. The highest BCUT2D eigenvalue weighted by Crippen LogP contribution is 2.14. The van der Waals surface area contributed by atoms with Gasteiger partial charge in [0.15, 0.2) is 0 Å². The maximum Gasteiger partial charge on any atom is 0.235 e. The molecule has 0 aliphatic carbocycles. The molecule has 1 amide bonds. The SMILES string of the molecule is CCNC(=O)CN(CC)S(=O)(=O)Cc1ccccc1C#N. The molecule has 0 saturated heterocycles. The van der Waals surface area contributed by atoms with Gasteiger partial charge in [-0.15, -0.1) is 0 Å². The summed E-state index contributed by atoms with van der Waals surface area (Å²) >= 11 is 0. The van der Waals surface area contributed by atoms with Crippen molar-refractivity contribution in [1.29, 1.82) is 5.26 Å². The lowest BCUT2D eigenvalue weighted by Gasteiger charge is -2.20. The van der Waals surface area contributed by atoms with Crippen molar-refractivity contribution >= 4 is 15.9 Å².